The van der Waals surface area contributed by atoms with Gasteiger partial charge in [0.2, 0.25) is 0 Å². The number of hydrogen-bond acceptors (Lipinski definition) is 2. The van der Waals surface area contributed by atoms with Crippen LogP contribution in [-0.4, -0.2) is 13.5 Å². The van der Waals surface area contributed by atoms with Gasteiger partial charge in [-0.15, -0.1) is 0 Å². The van der Waals surface area contributed by atoms with E-state index in [1.807, 2.05) is 0 Å². The number of aromatic nitrogens is 2. The van der Waals surface area contributed by atoms with Crippen LogP contribution in [0.15, 0.2) is 21.9 Å². The second-order valence-electron chi connectivity index (χ2n) is 4.79. The second kappa shape index (κ2) is 4.96. The largest absolute Gasteiger partial charge is 0.328 e. The first-order chi connectivity index (χ1) is 8.04. The molecule has 0 aromatic carbocycles. The minimum absolute atomic E-state index is 0.214. The Morgan fingerprint density at radius 3 is 2.76 bits per heavy atom. The summed E-state index contributed by atoms with van der Waals surface area (Å²) in [7, 11) is 0. The van der Waals surface area contributed by atoms with E-state index in [4.69, 9.17) is 0 Å². The summed E-state index contributed by atoms with van der Waals surface area (Å²) < 4.78 is 2.29. The molecule has 0 saturated heterocycles. The van der Waals surface area contributed by atoms with Crippen LogP contribution >= 0.6 is 22.6 Å². The molecule has 1 aliphatic carbocycles. The lowest BCUT2D eigenvalue weighted by molar-refractivity contribution is 0.394. The van der Waals surface area contributed by atoms with Crippen molar-refractivity contribution in [3.05, 3.63) is 33.1 Å². The van der Waals surface area contributed by atoms with Gasteiger partial charge in [0.25, 0.3) is 5.56 Å². The highest BCUT2D eigenvalue weighted by Crippen LogP contribution is 2.44. The van der Waals surface area contributed by atoms with Gasteiger partial charge in [-0.05, 0) is 18.3 Å². The van der Waals surface area contributed by atoms with Gasteiger partial charge in [-0.2, -0.15) is 0 Å². The number of hydrogen-bond donors (Lipinski definition) is 1. The molecule has 0 amide bonds. The molecule has 94 valence electrons. The van der Waals surface area contributed by atoms with Gasteiger partial charge in [-0.25, -0.2) is 4.79 Å². The van der Waals surface area contributed by atoms with E-state index < -0.39 is 0 Å². The van der Waals surface area contributed by atoms with Crippen LogP contribution in [0.2, 0.25) is 0 Å². The normalized spacial score (nSPS) is 32.9. The third-order valence-corrected chi connectivity index (χ3v) is 5.99. The van der Waals surface area contributed by atoms with Crippen LogP contribution in [0.1, 0.15) is 32.7 Å². The number of halogens is 1. The molecule has 0 bridgehead atoms. The van der Waals surface area contributed by atoms with Crippen molar-refractivity contribution >= 4 is 22.6 Å². The van der Waals surface area contributed by atoms with Crippen LogP contribution in [0.5, 0.6) is 0 Å². The van der Waals surface area contributed by atoms with Crippen molar-refractivity contribution < 1.29 is 0 Å². The lowest BCUT2D eigenvalue weighted by Crippen LogP contribution is -2.32. The predicted molar refractivity (Wildman–Crippen MR) is 75.7 cm³/mol. The van der Waals surface area contributed by atoms with Gasteiger partial charge < -0.3 is 0 Å². The fourth-order valence-corrected chi connectivity index (χ4v) is 4.02. The van der Waals surface area contributed by atoms with E-state index in [1.165, 1.54) is 6.07 Å². The number of alkyl halides is 1. The Kier molecular flexibility index (Phi) is 3.75. The zero-order valence-corrected chi connectivity index (χ0v) is 12.2. The molecular weight excluding hydrogens is 331 g/mol. The summed E-state index contributed by atoms with van der Waals surface area (Å²) in [5.74, 6) is 1.12. The molecule has 17 heavy (non-hydrogen) atoms. The molecule has 1 aliphatic rings. The smallest absolute Gasteiger partial charge is 0.297 e. The van der Waals surface area contributed by atoms with Gasteiger partial charge in [0.15, 0.2) is 0 Å². The summed E-state index contributed by atoms with van der Waals surface area (Å²) in [6.07, 6.45) is 3.80. The lowest BCUT2D eigenvalue weighted by Gasteiger charge is -2.19. The van der Waals surface area contributed by atoms with Crippen molar-refractivity contribution in [2.45, 2.75) is 36.7 Å². The number of rotatable bonds is 2. The fourth-order valence-electron chi connectivity index (χ4n) is 2.74. The van der Waals surface area contributed by atoms with Crippen LogP contribution in [0.4, 0.5) is 0 Å². The standard InChI is InChI=1S/C12H17IN2O2/c1-3-8-6-9(7(2)11(8)13)15-5-4-10(16)14-12(15)17/h4-5,7-9,11H,3,6H2,1-2H3,(H,14,16,17)/t7?,8-,9+,11+/m0/s1. The number of H-pyrrole nitrogens is 1. The second-order valence-corrected chi connectivity index (χ2v) is 6.23. The van der Waals surface area contributed by atoms with Gasteiger partial charge in [0.05, 0.1) is 0 Å². The quantitative estimate of drug-likeness (QED) is 0.656. The van der Waals surface area contributed by atoms with Gasteiger partial charge in [-0.3, -0.25) is 14.3 Å². The number of aromatic amines is 1. The van der Waals surface area contributed by atoms with E-state index in [-0.39, 0.29) is 17.3 Å². The average molecular weight is 348 g/mol. The Morgan fingerprint density at radius 2 is 2.24 bits per heavy atom. The summed E-state index contributed by atoms with van der Waals surface area (Å²) in [6.45, 7) is 4.38. The summed E-state index contributed by atoms with van der Waals surface area (Å²) in [5.41, 5.74) is -0.607. The molecule has 0 aliphatic heterocycles. The van der Waals surface area contributed by atoms with Crippen LogP contribution < -0.4 is 11.2 Å². The van der Waals surface area contributed by atoms with Crippen molar-refractivity contribution in [3.8, 4) is 0 Å². The first-order valence-electron chi connectivity index (χ1n) is 6.00. The van der Waals surface area contributed by atoms with Gasteiger partial charge in [-0.1, -0.05) is 42.9 Å². The summed E-state index contributed by atoms with van der Waals surface area (Å²) >= 11 is 2.49. The molecule has 0 spiro atoms. The first kappa shape index (κ1) is 12.9. The maximum atomic E-state index is 11.8. The highest BCUT2D eigenvalue weighted by molar-refractivity contribution is 14.1. The molecule has 1 aromatic rings. The summed E-state index contributed by atoms with van der Waals surface area (Å²) in [6, 6.07) is 1.64. The van der Waals surface area contributed by atoms with E-state index in [0.717, 1.165) is 12.8 Å². The zero-order chi connectivity index (χ0) is 12.6. The lowest BCUT2D eigenvalue weighted by atomic mass is 10.0. The molecule has 1 saturated carbocycles. The minimum Gasteiger partial charge on any atom is -0.297 e. The molecule has 1 fully saturated rings. The van der Waals surface area contributed by atoms with Crippen molar-refractivity contribution in [1.82, 2.24) is 9.55 Å². The average Bonchev–Trinajstić information content (AvgIpc) is 2.57. The molecule has 1 heterocycles. The van der Waals surface area contributed by atoms with E-state index in [2.05, 4.69) is 41.4 Å². The Morgan fingerprint density at radius 1 is 1.53 bits per heavy atom. The topological polar surface area (TPSA) is 54.9 Å². The molecule has 5 heteroatoms. The Labute approximate surface area is 114 Å². The molecular formula is C12H17IN2O2. The fraction of sp³-hybridized carbons (Fsp3) is 0.667. The van der Waals surface area contributed by atoms with Crippen molar-refractivity contribution in [2.75, 3.05) is 0 Å². The Bertz CT molecular complexity index is 508. The van der Waals surface area contributed by atoms with Gasteiger partial charge >= 0.3 is 5.69 Å². The van der Waals surface area contributed by atoms with E-state index in [0.29, 0.717) is 15.8 Å². The van der Waals surface area contributed by atoms with Gasteiger partial charge in [0, 0.05) is 22.2 Å². The van der Waals surface area contributed by atoms with Crippen LogP contribution in [0.25, 0.3) is 0 Å². The van der Waals surface area contributed by atoms with Gasteiger partial charge in [0.1, 0.15) is 0 Å². The third kappa shape index (κ3) is 2.34. The van der Waals surface area contributed by atoms with Crippen LogP contribution in [-0.2, 0) is 0 Å². The predicted octanol–water partition coefficient (Wildman–Crippen LogP) is 1.95. The molecule has 1 unspecified atom stereocenters. The number of nitrogens with one attached hydrogen (secondary N) is 1. The molecule has 4 atom stereocenters. The van der Waals surface area contributed by atoms with E-state index >= 15 is 0 Å². The van der Waals surface area contributed by atoms with E-state index in [9.17, 15) is 9.59 Å². The molecule has 4 nitrogen and oxygen atoms in total. The van der Waals surface area contributed by atoms with Crippen LogP contribution in [0, 0.1) is 11.8 Å². The molecule has 2 rings (SSSR count). The molecule has 1 aromatic heterocycles. The molecule has 1 N–H and O–H groups in total. The monoisotopic (exact) mass is 348 g/mol. The van der Waals surface area contributed by atoms with E-state index in [1.54, 1.807) is 10.8 Å². The zero-order valence-electron chi connectivity index (χ0n) is 10.0. The Balaban J connectivity index is 2.35. The van der Waals surface area contributed by atoms with Crippen molar-refractivity contribution in [1.29, 1.82) is 0 Å². The molecule has 0 radical (unpaired) electrons. The third-order valence-electron chi connectivity index (χ3n) is 3.84. The SMILES string of the molecule is CC[C@H]1C[C@@H](n2ccc(=O)[nH]c2=O)C(C)[C@H]1I. The van der Waals surface area contributed by atoms with Crippen molar-refractivity contribution in [3.63, 3.8) is 0 Å². The maximum absolute atomic E-state index is 11.8. The Hall–Kier alpha value is -0.590. The maximum Gasteiger partial charge on any atom is 0.328 e. The number of nitrogens with zero attached hydrogens (tertiary/aromatic N) is 1. The minimum atomic E-state index is -0.324. The van der Waals surface area contributed by atoms with Crippen molar-refractivity contribution in [2.24, 2.45) is 11.8 Å². The summed E-state index contributed by atoms with van der Waals surface area (Å²) in [5, 5.41) is 0. The highest BCUT2D eigenvalue weighted by atomic mass is 127. The van der Waals surface area contributed by atoms with Crippen LogP contribution in [0.3, 0.4) is 0 Å². The summed E-state index contributed by atoms with van der Waals surface area (Å²) in [4.78, 5) is 25.2. The highest BCUT2D eigenvalue weighted by Gasteiger charge is 2.39. The first-order valence-corrected chi connectivity index (χ1v) is 7.24.